The summed E-state index contributed by atoms with van der Waals surface area (Å²) >= 11 is 0. The van der Waals surface area contributed by atoms with Crippen molar-refractivity contribution in [1.82, 2.24) is 0 Å². The van der Waals surface area contributed by atoms with Gasteiger partial charge in [-0.2, -0.15) is 0 Å². The van der Waals surface area contributed by atoms with Crippen LogP contribution >= 0.6 is 0 Å². The first-order valence-corrected chi connectivity index (χ1v) is 5.89. The zero-order valence-electron chi connectivity index (χ0n) is 10.3. The van der Waals surface area contributed by atoms with Crippen molar-refractivity contribution in [3.05, 3.63) is 40.7 Å². The van der Waals surface area contributed by atoms with Crippen molar-refractivity contribution in [2.24, 2.45) is 5.92 Å². The highest BCUT2D eigenvalue weighted by Gasteiger charge is 2.47. The molecule has 2 unspecified atom stereocenters. The first kappa shape index (κ1) is 11.1. The van der Waals surface area contributed by atoms with Gasteiger partial charge >= 0.3 is 5.97 Å². The van der Waals surface area contributed by atoms with E-state index in [1.54, 1.807) is 7.11 Å². The summed E-state index contributed by atoms with van der Waals surface area (Å²) in [7, 11) is 1.63. The van der Waals surface area contributed by atoms with E-state index < -0.39 is 5.97 Å². The fraction of sp³-hybridized carbons (Fsp3) is 0.357. The van der Waals surface area contributed by atoms with Crippen LogP contribution < -0.4 is 4.74 Å². The van der Waals surface area contributed by atoms with Gasteiger partial charge in [-0.3, -0.25) is 0 Å². The summed E-state index contributed by atoms with van der Waals surface area (Å²) in [6.45, 7) is 2.00. The van der Waals surface area contributed by atoms with E-state index in [0.29, 0.717) is 12.0 Å². The second-order valence-corrected chi connectivity index (χ2v) is 4.70. The van der Waals surface area contributed by atoms with Crippen molar-refractivity contribution in [1.29, 1.82) is 0 Å². The molecule has 1 heterocycles. The summed E-state index contributed by atoms with van der Waals surface area (Å²) in [5.74, 6) is 0.311. The quantitative estimate of drug-likeness (QED) is 0.469. The molecule has 1 aliphatic heterocycles. The minimum absolute atomic E-state index is 0.0903. The van der Waals surface area contributed by atoms with Gasteiger partial charge in [-0.05, 0) is 25.0 Å². The molecule has 94 valence electrons. The zero-order chi connectivity index (χ0) is 12.9. The van der Waals surface area contributed by atoms with Gasteiger partial charge in [0.1, 0.15) is 11.9 Å². The Bertz CT molecular complexity index is 559. The number of rotatable bonds is 1. The van der Waals surface area contributed by atoms with Gasteiger partial charge < -0.3 is 14.6 Å². The average molecular weight is 246 g/mol. The Morgan fingerprint density at radius 2 is 2.28 bits per heavy atom. The van der Waals surface area contributed by atoms with Crippen molar-refractivity contribution < 1.29 is 19.4 Å². The highest BCUT2D eigenvalue weighted by atomic mass is 16.6. The molecule has 1 fully saturated rings. The van der Waals surface area contributed by atoms with Gasteiger partial charge in [-0.15, -0.1) is 0 Å². The van der Waals surface area contributed by atoms with E-state index >= 15 is 0 Å². The second kappa shape index (κ2) is 3.77. The largest absolute Gasteiger partial charge is 0.515 e. The summed E-state index contributed by atoms with van der Waals surface area (Å²) in [5.41, 5.74) is 3.56. The number of carbonyl (C=O) groups excluding carboxylic acids is 1. The zero-order valence-corrected chi connectivity index (χ0v) is 10.3. The lowest BCUT2D eigenvalue weighted by atomic mass is 9.97. The maximum Gasteiger partial charge on any atom is 0.338 e. The fourth-order valence-electron chi connectivity index (χ4n) is 2.99. The van der Waals surface area contributed by atoms with Crippen LogP contribution in [0.15, 0.2) is 24.0 Å². The average Bonchev–Trinajstić information content (AvgIpc) is 2.84. The SMILES string of the molecule is COc1ccc(C)c2c1CC1/C(=C\O)C(=O)OC21. The minimum atomic E-state index is -0.416. The van der Waals surface area contributed by atoms with Crippen molar-refractivity contribution in [3.8, 4) is 5.75 Å². The molecule has 0 bridgehead atoms. The Labute approximate surface area is 105 Å². The predicted octanol–water partition coefficient (Wildman–Crippen LogP) is 2.22. The highest BCUT2D eigenvalue weighted by molar-refractivity contribution is 5.92. The number of esters is 1. The summed E-state index contributed by atoms with van der Waals surface area (Å²) < 4.78 is 10.7. The Hall–Kier alpha value is -1.97. The number of ether oxygens (including phenoxy) is 2. The third kappa shape index (κ3) is 1.29. The molecule has 1 saturated heterocycles. The molecule has 18 heavy (non-hydrogen) atoms. The van der Waals surface area contributed by atoms with Crippen LogP contribution in [0.25, 0.3) is 0 Å². The molecule has 0 saturated carbocycles. The van der Waals surface area contributed by atoms with Crippen molar-refractivity contribution >= 4 is 5.97 Å². The van der Waals surface area contributed by atoms with Gasteiger partial charge in [0.25, 0.3) is 0 Å². The molecular formula is C14H14O4. The normalized spacial score (nSPS) is 27.0. The van der Waals surface area contributed by atoms with Crippen LogP contribution in [0, 0.1) is 12.8 Å². The summed E-state index contributed by atoms with van der Waals surface area (Å²) in [6.07, 6.45) is 1.27. The van der Waals surface area contributed by atoms with Crippen LogP contribution in [0.4, 0.5) is 0 Å². The lowest BCUT2D eigenvalue weighted by Crippen LogP contribution is -2.03. The number of aliphatic hydroxyl groups is 1. The van der Waals surface area contributed by atoms with Crippen LogP contribution in [-0.4, -0.2) is 18.2 Å². The summed E-state index contributed by atoms with van der Waals surface area (Å²) in [5, 5.41) is 9.16. The lowest BCUT2D eigenvalue weighted by Gasteiger charge is -2.13. The molecule has 2 aliphatic rings. The lowest BCUT2D eigenvalue weighted by molar-refractivity contribution is -0.139. The molecule has 1 N–H and O–H groups in total. The van der Waals surface area contributed by atoms with Gasteiger partial charge in [-0.1, -0.05) is 6.07 Å². The van der Waals surface area contributed by atoms with Gasteiger partial charge in [-0.25, -0.2) is 4.79 Å². The first-order chi connectivity index (χ1) is 8.67. The molecule has 0 spiro atoms. The molecule has 1 aromatic rings. The Kier molecular flexibility index (Phi) is 2.33. The van der Waals surface area contributed by atoms with Crippen LogP contribution in [0.1, 0.15) is 22.8 Å². The van der Waals surface area contributed by atoms with Crippen molar-refractivity contribution in [3.63, 3.8) is 0 Å². The predicted molar refractivity (Wildman–Crippen MR) is 64.5 cm³/mol. The number of fused-ring (bicyclic) bond motifs is 3. The maximum atomic E-state index is 11.6. The van der Waals surface area contributed by atoms with Crippen LogP contribution in [0.5, 0.6) is 5.75 Å². The monoisotopic (exact) mass is 246 g/mol. The smallest absolute Gasteiger partial charge is 0.338 e. The van der Waals surface area contributed by atoms with E-state index in [2.05, 4.69) is 0 Å². The van der Waals surface area contributed by atoms with Gasteiger partial charge in [0.05, 0.1) is 18.9 Å². The standard InChI is InChI=1S/C14H14O4/c1-7-3-4-11(17-2)9-5-8-10(6-15)14(16)18-13(8)12(7)9/h3-4,6,8,13,15H,5H2,1-2H3/b10-6+. The molecule has 1 aliphatic carbocycles. The second-order valence-electron chi connectivity index (χ2n) is 4.70. The molecule has 4 nitrogen and oxygen atoms in total. The molecule has 2 atom stereocenters. The minimum Gasteiger partial charge on any atom is -0.515 e. The van der Waals surface area contributed by atoms with Crippen molar-refractivity contribution in [2.75, 3.05) is 7.11 Å². The summed E-state index contributed by atoms with van der Waals surface area (Å²) in [6, 6.07) is 3.90. The Morgan fingerprint density at radius 1 is 1.50 bits per heavy atom. The molecule has 1 aromatic carbocycles. The third-order valence-corrected chi connectivity index (χ3v) is 3.83. The highest BCUT2D eigenvalue weighted by Crippen LogP contribution is 2.51. The number of hydrogen-bond donors (Lipinski definition) is 1. The third-order valence-electron chi connectivity index (χ3n) is 3.83. The fourth-order valence-corrected chi connectivity index (χ4v) is 2.99. The topological polar surface area (TPSA) is 55.8 Å². The molecule has 0 radical (unpaired) electrons. The molecular weight excluding hydrogens is 232 g/mol. The van der Waals surface area contributed by atoms with E-state index in [4.69, 9.17) is 14.6 Å². The number of carbonyl (C=O) groups is 1. The van der Waals surface area contributed by atoms with E-state index in [1.165, 1.54) is 0 Å². The van der Waals surface area contributed by atoms with Gasteiger partial charge in [0.2, 0.25) is 0 Å². The van der Waals surface area contributed by atoms with E-state index in [9.17, 15) is 4.79 Å². The van der Waals surface area contributed by atoms with Crippen molar-refractivity contribution in [2.45, 2.75) is 19.4 Å². The number of hydrogen-bond acceptors (Lipinski definition) is 4. The van der Waals surface area contributed by atoms with E-state index in [-0.39, 0.29) is 12.0 Å². The Morgan fingerprint density at radius 3 is 2.94 bits per heavy atom. The maximum absolute atomic E-state index is 11.6. The van der Waals surface area contributed by atoms with E-state index in [0.717, 1.165) is 28.7 Å². The van der Waals surface area contributed by atoms with E-state index in [1.807, 2.05) is 19.1 Å². The number of aliphatic hydroxyl groups excluding tert-OH is 1. The van der Waals surface area contributed by atoms with Gasteiger partial charge in [0.15, 0.2) is 0 Å². The first-order valence-electron chi connectivity index (χ1n) is 5.89. The Balaban J connectivity index is 2.14. The van der Waals surface area contributed by atoms with Crippen LogP contribution in [0.3, 0.4) is 0 Å². The molecule has 0 aromatic heterocycles. The number of benzene rings is 1. The molecule has 4 heteroatoms. The molecule has 3 rings (SSSR count). The number of aryl methyl sites for hydroxylation is 1. The van der Waals surface area contributed by atoms with Crippen LogP contribution in [0.2, 0.25) is 0 Å². The van der Waals surface area contributed by atoms with Crippen LogP contribution in [-0.2, 0) is 16.0 Å². The van der Waals surface area contributed by atoms with Gasteiger partial charge in [0, 0.05) is 17.0 Å². The molecule has 0 amide bonds. The summed E-state index contributed by atoms with van der Waals surface area (Å²) in [4.78, 5) is 11.6. The number of methoxy groups -OCH3 is 1.